The van der Waals surface area contributed by atoms with Gasteiger partial charge in [0.05, 0.1) is 24.2 Å². The number of hydrogen-bond acceptors (Lipinski definition) is 4. The van der Waals surface area contributed by atoms with Crippen LogP contribution in [0.1, 0.15) is 13.3 Å². The minimum absolute atomic E-state index is 0.128. The van der Waals surface area contributed by atoms with Gasteiger partial charge in [0.15, 0.2) is 9.84 Å². The van der Waals surface area contributed by atoms with Crippen LogP contribution in [0.15, 0.2) is 0 Å². The topological polar surface area (TPSA) is 55.4 Å². The molecule has 0 bridgehead atoms. The van der Waals surface area contributed by atoms with Crippen LogP contribution in [0.4, 0.5) is 0 Å². The first kappa shape index (κ1) is 10.7. The van der Waals surface area contributed by atoms with Crippen molar-refractivity contribution in [2.24, 2.45) is 0 Å². The smallest absolute Gasteiger partial charge is 0.256 e. The molecule has 1 N–H and O–H groups in total. The third kappa shape index (κ3) is 2.80. The lowest BCUT2D eigenvalue weighted by molar-refractivity contribution is 0.356. The quantitative estimate of drug-likeness (QED) is 0.638. The third-order valence-electron chi connectivity index (χ3n) is 2.09. The summed E-state index contributed by atoms with van der Waals surface area (Å²) in [4.78, 5) is 0. The van der Waals surface area contributed by atoms with Gasteiger partial charge in [-0.05, 0) is 25.6 Å². The Labute approximate surface area is 83.6 Å². The Hall–Kier alpha value is -0.360. The van der Waals surface area contributed by atoms with Gasteiger partial charge >= 0.3 is 0 Å². The Morgan fingerprint density at radius 1 is 1.62 bits per heavy atom. The average molecular weight is 223 g/mol. The fraction of sp³-hybridized carbons (Fsp3) is 0.857. The number of hydrogen-bond donors (Lipinski definition) is 1. The molecule has 76 valence electrons. The Morgan fingerprint density at radius 3 is 2.62 bits per heavy atom. The molecule has 1 saturated heterocycles. The van der Waals surface area contributed by atoms with E-state index in [1.165, 1.54) is 7.11 Å². The molecular weight excluding hydrogens is 210 g/mol. The standard InChI is InChI=1S/C7H13NO3S2/c1-7(8-6(12)11-2)3-4-13(9,10)5-7/h3-5H2,1-2H3,(H,8,12)/t7-/m0/s1. The minimum Gasteiger partial charge on any atom is -0.474 e. The van der Waals surface area contributed by atoms with Gasteiger partial charge in [0.2, 0.25) is 0 Å². The predicted octanol–water partition coefficient (Wildman–Crippen LogP) is 0.0845. The molecule has 0 saturated carbocycles. The van der Waals surface area contributed by atoms with E-state index < -0.39 is 15.4 Å². The van der Waals surface area contributed by atoms with Crippen molar-refractivity contribution in [1.29, 1.82) is 0 Å². The maximum absolute atomic E-state index is 11.2. The molecule has 1 aliphatic rings. The Bertz CT molecular complexity index is 312. The Balaban J connectivity index is 2.65. The van der Waals surface area contributed by atoms with Crippen LogP contribution in [0.5, 0.6) is 0 Å². The van der Waals surface area contributed by atoms with E-state index in [9.17, 15) is 8.42 Å². The summed E-state index contributed by atoms with van der Waals surface area (Å²) in [6, 6.07) is 0. The molecule has 1 atom stereocenters. The SMILES string of the molecule is COC(=S)N[C@@]1(C)CCS(=O)(=O)C1. The molecule has 0 amide bonds. The highest BCUT2D eigenvalue weighted by atomic mass is 32.2. The minimum atomic E-state index is -2.89. The van der Waals surface area contributed by atoms with Crippen molar-refractivity contribution >= 4 is 27.2 Å². The first-order chi connectivity index (χ1) is 5.87. The first-order valence-electron chi connectivity index (χ1n) is 3.93. The second-order valence-corrected chi connectivity index (χ2v) is 6.07. The van der Waals surface area contributed by atoms with Gasteiger partial charge in [-0.15, -0.1) is 0 Å². The summed E-state index contributed by atoms with van der Waals surface area (Å²) in [5.74, 6) is 0.353. The van der Waals surface area contributed by atoms with Gasteiger partial charge in [-0.2, -0.15) is 0 Å². The second-order valence-electron chi connectivity index (χ2n) is 3.52. The first-order valence-corrected chi connectivity index (χ1v) is 6.16. The van der Waals surface area contributed by atoms with Crippen molar-refractivity contribution in [3.05, 3.63) is 0 Å². The van der Waals surface area contributed by atoms with Gasteiger partial charge in [-0.3, -0.25) is 0 Å². The van der Waals surface area contributed by atoms with Crippen LogP contribution in [0.3, 0.4) is 0 Å². The summed E-state index contributed by atoms with van der Waals surface area (Å²) in [6.07, 6.45) is 0.582. The van der Waals surface area contributed by atoms with Gasteiger partial charge in [-0.25, -0.2) is 8.42 Å². The molecule has 1 heterocycles. The zero-order chi connectivity index (χ0) is 10.1. The van der Waals surface area contributed by atoms with Crippen molar-refractivity contribution in [1.82, 2.24) is 5.32 Å². The molecule has 0 aromatic rings. The summed E-state index contributed by atoms with van der Waals surface area (Å²) in [5.41, 5.74) is -0.452. The lowest BCUT2D eigenvalue weighted by Gasteiger charge is -2.24. The summed E-state index contributed by atoms with van der Waals surface area (Å²) in [6.45, 7) is 1.84. The summed E-state index contributed by atoms with van der Waals surface area (Å²) < 4.78 is 27.2. The fourth-order valence-corrected chi connectivity index (χ4v) is 3.75. The fourth-order valence-electron chi connectivity index (χ4n) is 1.41. The monoisotopic (exact) mass is 223 g/mol. The highest BCUT2D eigenvalue weighted by molar-refractivity contribution is 7.91. The van der Waals surface area contributed by atoms with Crippen LogP contribution in [0.25, 0.3) is 0 Å². The third-order valence-corrected chi connectivity index (χ3v) is 4.26. The van der Waals surface area contributed by atoms with Crippen molar-refractivity contribution in [3.63, 3.8) is 0 Å². The number of methoxy groups -OCH3 is 1. The summed E-state index contributed by atoms with van der Waals surface area (Å²) >= 11 is 4.81. The molecule has 0 unspecified atom stereocenters. The van der Waals surface area contributed by atoms with Gasteiger partial charge < -0.3 is 10.1 Å². The molecular formula is C7H13NO3S2. The maximum atomic E-state index is 11.2. The lowest BCUT2D eigenvalue weighted by Crippen LogP contribution is -2.46. The van der Waals surface area contributed by atoms with E-state index in [1.807, 2.05) is 6.92 Å². The van der Waals surface area contributed by atoms with E-state index in [0.29, 0.717) is 6.42 Å². The molecule has 0 spiro atoms. The van der Waals surface area contributed by atoms with E-state index in [2.05, 4.69) is 5.32 Å². The van der Waals surface area contributed by atoms with Gasteiger partial charge in [0.1, 0.15) is 0 Å². The van der Waals surface area contributed by atoms with Crippen molar-refractivity contribution < 1.29 is 13.2 Å². The molecule has 0 aromatic heterocycles. The molecule has 0 aromatic carbocycles. The number of sulfone groups is 1. The number of thiocarbonyl (C=S) groups is 1. The highest BCUT2D eigenvalue weighted by Gasteiger charge is 2.38. The average Bonchev–Trinajstić information content (AvgIpc) is 2.25. The van der Waals surface area contributed by atoms with Crippen LogP contribution in [-0.4, -0.2) is 37.7 Å². The highest BCUT2D eigenvalue weighted by Crippen LogP contribution is 2.22. The zero-order valence-electron chi connectivity index (χ0n) is 7.66. The zero-order valence-corrected chi connectivity index (χ0v) is 9.30. The lowest BCUT2D eigenvalue weighted by atomic mass is 10.0. The molecule has 6 heteroatoms. The Kier molecular flexibility index (Phi) is 2.82. The van der Waals surface area contributed by atoms with Crippen LogP contribution in [0, 0.1) is 0 Å². The number of nitrogens with one attached hydrogen (secondary N) is 1. The number of ether oxygens (including phenoxy) is 1. The van der Waals surface area contributed by atoms with E-state index in [-0.39, 0.29) is 16.7 Å². The van der Waals surface area contributed by atoms with Crippen LogP contribution < -0.4 is 5.32 Å². The van der Waals surface area contributed by atoms with E-state index >= 15 is 0 Å². The molecule has 1 rings (SSSR count). The van der Waals surface area contributed by atoms with Gasteiger partial charge in [0, 0.05) is 0 Å². The molecule has 4 nitrogen and oxygen atoms in total. The normalized spacial score (nSPS) is 31.2. The van der Waals surface area contributed by atoms with Crippen LogP contribution in [-0.2, 0) is 14.6 Å². The summed E-state index contributed by atoms with van der Waals surface area (Å²) in [7, 11) is -1.42. The second kappa shape index (κ2) is 3.42. The predicted molar refractivity (Wildman–Crippen MR) is 54.4 cm³/mol. The summed E-state index contributed by atoms with van der Waals surface area (Å²) in [5, 5.41) is 3.14. The molecule has 1 fully saturated rings. The van der Waals surface area contributed by atoms with Crippen LogP contribution in [0.2, 0.25) is 0 Å². The molecule has 0 aliphatic carbocycles. The van der Waals surface area contributed by atoms with Crippen molar-refractivity contribution in [2.45, 2.75) is 18.9 Å². The van der Waals surface area contributed by atoms with Gasteiger partial charge in [-0.1, -0.05) is 0 Å². The molecule has 0 radical (unpaired) electrons. The largest absolute Gasteiger partial charge is 0.474 e. The van der Waals surface area contributed by atoms with E-state index in [4.69, 9.17) is 17.0 Å². The Morgan fingerprint density at radius 2 is 2.23 bits per heavy atom. The van der Waals surface area contributed by atoms with Crippen molar-refractivity contribution in [3.8, 4) is 0 Å². The van der Waals surface area contributed by atoms with Crippen LogP contribution >= 0.6 is 12.2 Å². The van der Waals surface area contributed by atoms with Gasteiger partial charge in [0.25, 0.3) is 5.17 Å². The number of rotatable bonds is 1. The van der Waals surface area contributed by atoms with E-state index in [0.717, 1.165) is 0 Å². The van der Waals surface area contributed by atoms with Crippen molar-refractivity contribution in [2.75, 3.05) is 18.6 Å². The maximum Gasteiger partial charge on any atom is 0.256 e. The van der Waals surface area contributed by atoms with E-state index in [1.54, 1.807) is 0 Å². The molecule has 1 aliphatic heterocycles. The molecule has 13 heavy (non-hydrogen) atoms.